The number of Topliss-reactive ketones (excluding diaryl/α,β-unsaturated/α-hetero) is 1. The zero-order valence-corrected chi connectivity index (χ0v) is 19.9. The Kier molecular flexibility index (Phi) is 7.84. The minimum atomic E-state index is -0.700. The molecule has 4 rings (SSSR count). The maximum Gasteiger partial charge on any atom is 0.295 e. The van der Waals surface area contributed by atoms with Crippen molar-refractivity contribution in [1.29, 1.82) is 0 Å². The lowest BCUT2D eigenvalue weighted by Gasteiger charge is -2.31. The highest BCUT2D eigenvalue weighted by molar-refractivity contribution is 6.46. The largest absolute Gasteiger partial charge is 0.507 e. The molecule has 0 spiro atoms. The van der Waals surface area contributed by atoms with Crippen LogP contribution in [-0.4, -0.2) is 79.6 Å². The Morgan fingerprint density at radius 1 is 1.06 bits per heavy atom. The summed E-state index contributed by atoms with van der Waals surface area (Å²) in [7, 11) is 1.56. The monoisotopic (exact) mass is 477 g/mol. The average molecular weight is 478 g/mol. The third-order valence-electron chi connectivity index (χ3n) is 6.33. The number of likely N-dealkylation sites (tertiary alicyclic amines) is 1. The van der Waals surface area contributed by atoms with Crippen molar-refractivity contribution in [2.75, 3.05) is 53.0 Å². The number of methoxy groups -OCH3 is 1. The normalized spacial score (nSPS) is 20.1. The quantitative estimate of drug-likeness (QED) is 0.248. The zero-order chi connectivity index (χ0) is 24.8. The standard InChI is InChI=1S/C27H31N3O5/c1-3-18-35-22-10-4-19(5-11-22)24-23(25(31)20-6-8-21(34-2)9-7-20)26(32)27(33)30(24)17-16-29-14-12-28-13-15-29/h3-11,24,28,31H,1,12-18H2,2H3/t24-/m1/s1. The van der Waals surface area contributed by atoms with Gasteiger partial charge in [-0.25, -0.2) is 0 Å². The van der Waals surface area contributed by atoms with Crippen LogP contribution in [0.5, 0.6) is 11.5 Å². The third-order valence-corrected chi connectivity index (χ3v) is 6.33. The lowest BCUT2D eigenvalue weighted by molar-refractivity contribution is -0.140. The average Bonchev–Trinajstić information content (AvgIpc) is 3.16. The molecule has 2 aromatic rings. The van der Waals surface area contributed by atoms with Gasteiger partial charge in [-0.1, -0.05) is 24.8 Å². The van der Waals surface area contributed by atoms with Gasteiger partial charge >= 0.3 is 0 Å². The molecule has 2 N–H and O–H groups in total. The van der Waals surface area contributed by atoms with Crippen LogP contribution in [0.25, 0.3) is 5.76 Å². The van der Waals surface area contributed by atoms with E-state index >= 15 is 0 Å². The molecule has 35 heavy (non-hydrogen) atoms. The van der Waals surface area contributed by atoms with E-state index in [-0.39, 0.29) is 11.3 Å². The Hall–Kier alpha value is -3.62. The second-order valence-corrected chi connectivity index (χ2v) is 8.48. The summed E-state index contributed by atoms with van der Waals surface area (Å²) in [4.78, 5) is 30.2. The van der Waals surface area contributed by atoms with Crippen LogP contribution in [0.3, 0.4) is 0 Å². The molecule has 1 amide bonds. The van der Waals surface area contributed by atoms with Gasteiger partial charge in [-0.15, -0.1) is 0 Å². The number of ether oxygens (including phenoxy) is 2. The van der Waals surface area contributed by atoms with Crippen molar-refractivity contribution in [2.45, 2.75) is 6.04 Å². The van der Waals surface area contributed by atoms with E-state index in [1.165, 1.54) is 0 Å². The summed E-state index contributed by atoms with van der Waals surface area (Å²) in [6, 6.07) is 13.3. The van der Waals surface area contributed by atoms with E-state index in [0.717, 1.165) is 31.7 Å². The van der Waals surface area contributed by atoms with Gasteiger partial charge in [0.05, 0.1) is 18.7 Å². The molecule has 0 saturated carbocycles. The Bertz CT molecular complexity index is 1090. The van der Waals surface area contributed by atoms with E-state index in [0.29, 0.717) is 36.8 Å². The van der Waals surface area contributed by atoms with Crippen LogP contribution in [0, 0.1) is 0 Å². The number of nitrogens with zero attached hydrogens (tertiary/aromatic N) is 2. The second-order valence-electron chi connectivity index (χ2n) is 8.48. The minimum absolute atomic E-state index is 0.0836. The van der Waals surface area contributed by atoms with Crippen LogP contribution < -0.4 is 14.8 Å². The first kappa shape index (κ1) is 24.5. The maximum atomic E-state index is 13.2. The number of amides is 1. The zero-order valence-electron chi connectivity index (χ0n) is 19.9. The molecular weight excluding hydrogens is 446 g/mol. The molecule has 2 saturated heterocycles. The van der Waals surface area contributed by atoms with Crippen LogP contribution in [0.2, 0.25) is 0 Å². The van der Waals surface area contributed by atoms with Crippen molar-refractivity contribution in [2.24, 2.45) is 0 Å². The Labute approximate surface area is 205 Å². The molecule has 1 atom stereocenters. The van der Waals surface area contributed by atoms with Crippen molar-refractivity contribution in [1.82, 2.24) is 15.1 Å². The predicted octanol–water partition coefficient (Wildman–Crippen LogP) is 2.59. The Morgan fingerprint density at radius 2 is 1.71 bits per heavy atom. The highest BCUT2D eigenvalue weighted by Crippen LogP contribution is 2.39. The molecule has 0 bridgehead atoms. The van der Waals surface area contributed by atoms with Gasteiger partial charge in [0.2, 0.25) is 0 Å². The van der Waals surface area contributed by atoms with Crippen LogP contribution in [0.4, 0.5) is 0 Å². The highest BCUT2D eigenvalue weighted by atomic mass is 16.5. The minimum Gasteiger partial charge on any atom is -0.507 e. The fourth-order valence-electron chi connectivity index (χ4n) is 4.45. The van der Waals surface area contributed by atoms with Gasteiger partial charge in [-0.05, 0) is 42.0 Å². The van der Waals surface area contributed by atoms with Crippen molar-refractivity contribution in [3.63, 3.8) is 0 Å². The van der Waals surface area contributed by atoms with E-state index in [9.17, 15) is 14.7 Å². The number of aliphatic hydroxyl groups is 1. The van der Waals surface area contributed by atoms with Crippen molar-refractivity contribution < 1.29 is 24.2 Å². The summed E-state index contributed by atoms with van der Waals surface area (Å²) >= 11 is 0. The highest BCUT2D eigenvalue weighted by Gasteiger charge is 2.46. The smallest absolute Gasteiger partial charge is 0.295 e. The number of hydrogen-bond donors (Lipinski definition) is 2. The molecule has 8 nitrogen and oxygen atoms in total. The number of benzene rings is 2. The molecule has 2 aromatic carbocycles. The van der Waals surface area contributed by atoms with E-state index in [2.05, 4.69) is 16.8 Å². The fraction of sp³-hybridized carbons (Fsp3) is 0.333. The van der Waals surface area contributed by atoms with Crippen LogP contribution in [-0.2, 0) is 9.59 Å². The van der Waals surface area contributed by atoms with Crippen molar-refractivity contribution in [3.8, 4) is 11.5 Å². The fourth-order valence-corrected chi connectivity index (χ4v) is 4.45. The van der Waals surface area contributed by atoms with Gasteiger partial charge in [0.25, 0.3) is 11.7 Å². The van der Waals surface area contributed by atoms with Gasteiger partial charge in [-0.3, -0.25) is 14.5 Å². The maximum absolute atomic E-state index is 13.2. The lowest BCUT2D eigenvalue weighted by Crippen LogP contribution is -2.46. The summed E-state index contributed by atoms with van der Waals surface area (Å²) in [6.45, 7) is 8.61. The van der Waals surface area contributed by atoms with Crippen LogP contribution >= 0.6 is 0 Å². The van der Waals surface area contributed by atoms with E-state index in [1.54, 1.807) is 54.5 Å². The van der Waals surface area contributed by atoms with E-state index in [4.69, 9.17) is 9.47 Å². The van der Waals surface area contributed by atoms with Crippen molar-refractivity contribution in [3.05, 3.63) is 77.9 Å². The topological polar surface area (TPSA) is 91.3 Å². The summed E-state index contributed by atoms with van der Waals surface area (Å²) < 4.78 is 10.8. The predicted molar refractivity (Wildman–Crippen MR) is 133 cm³/mol. The Balaban J connectivity index is 1.70. The number of carbonyl (C=O) groups is 2. The molecule has 2 aliphatic rings. The summed E-state index contributed by atoms with van der Waals surface area (Å²) in [5, 5.41) is 14.5. The molecule has 0 radical (unpaired) electrons. The van der Waals surface area contributed by atoms with Gasteiger partial charge < -0.3 is 24.8 Å². The number of rotatable bonds is 9. The molecule has 0 aliphatic carbocycles. The van der Waals surface area contributed by atoms with Gasteiger partial charge in [0.15, 0.2) is 0 Å². The number of aliphatic hydroxyl groups excluding tert-OH is 1. The number of nitrogens with one attached hydrogen (secondary N) is 1. The number of piperazine rings is 1. The van der Waals surface area contributed by atoms with Crippen LogP contribution in [0.15, 0.2) is 66.8 Å². The lowest BCUT2D eigenvalue weighted by atomic mass is 9.95. The van der Waals surface area contributed by atoms with Gasteiger partial charge in [0, 0.05) is 44.8 Å². The molecule has 2 heterocycles. The molecule has 184 valence electrons. The van der Waals surface area contributed by atoms with Crippen LogP contribution in [0.1, 0.15) is 17.2 Å². The summed E-state index contributed by atoms with van der Waals surface area (Å²) in [5.74, 6) is -0.207. The first-order chi connectivity index (χ1) is 17.0. The third kappa shape index (κ3) is 5.39. The number of hydrogen-bond acceptors (Lipinski definition) is 7. The number of carbonyl (C=O) groups excluding carboxylic acids is 2. The molecule has 2 aliphatic heterocycles. The van der Waals surface area contributed by atoms with E-state index in [1.807, 2.05) is 12.1 Å². The summed E-state index contributed by atoms with van der Waals surface area (Å²) in [6.07, 6.45) is 1.66. The second kappa shape index (κ2) is 11.2. The van der Waals surface area contributed by atoms with Gasteiger partial charge in [0.1, 0.15) is 23.9 Å². The Morgan fingerprint density at radius 3 is 2.34 bits per heavy atom. The molecule has 2 fully saturated rings. The van der Waals surface area contributed by atoms with Crippen molar-refractivity contribution >= 4 is 17.4 Å². The first-order valence-corrected chi connectivity index (χ1v) is 11.7. The first-order valence-electron chi connectivity index (χ1n) is 11.7. The molecule has 8 heteroatoms. The SMILES string of the molecule is C=CCOc1ccc([C@@H]2C(=C(O)c3ccc(OC)cc3)C(=O)C(=O)N2CCN2CCNCC2)cc1. The van der Waals surface area contributed by atoms with E-state index < -0.39 is 17.7 Å². The summed E-state index contributed by atoms with van der Waals surface area (Å²) in [5.41, 5.74) is 1.26. The molecular formula is C27H31N3O5. The number of ketones is 1. The molecule has 0 unspecified atom stereocenters. The molecule has 0 aromatic heterocycles. The van der Waals surface area contributed by atoms with Gasteiger partial charge in [-0.2, -0.15) is 0 Å².